The number of nitrogen functional groups attached to an aromatic ring is 1. The van der Waals surface area contributed by atoms with Crippen LogP contribution in [0.3, 0.4) is 0 Å². The van der Waals surface area contributed by atoms with Crippen LogP contribution < -0.4 is 5.73 Å². The number of hydrogen-bond donors (Lipinski definition) is 1. The molecule has 0 amide bonds. The van der Waals surface area contributed by atoms with Crippen molar-refractivity contribution < 1.29 is 12.8 Å². The third-order valence-corrected chi connectivity index (χ3v) is 4.69. The summed E-state index contributed by atoms with van der Waals surface area (Å²) in [6, 6.07) is 3.49. The van der Waals surface area contributed by atoms with Gasteiger partial charge in [-0.3, -0.25) is 0 Å². The van der Waals surface area contributed by atoms with Crippen LogP contribution >= 0.6 is 0 Å². The lowest BCUT2D eigenvalue weighted by molar-refractivity contribution is 0.419. The van der Waals surface area contributed by atoms with E-state index in [1.54, 1.807) is 6.92 Å². The molecule has 102 valence electrons. The molecule has 1 aromatic rings. The smallest absolute Gasteiger partial charge is 0.243 e. The molecule has 4 nitrogen and oxygen atoms in total. The molecular weight excluding hydrogens is 255 g/mol. The first kappa shape index (κ1) is 14.9. The zero-order valence-corrected chi connectivity index (χ0v) is 11.5. The average molecular weight is 274 g/mol. The number of sulfonamides is 1. The molecule has 2 N–H and O–H groups in total. The summed E-state index contributed by atoms with van der Waals surface area (Å²) >= 11 is 0. The molecule has 0 heterocycles. The van der Waals surface area contributed by atoms with Crippen molar-refractivity contribution >= 4 is 15.7 Å². The molecule has 18 heavy (non-hydrogen) atoms. The third kappa shape index (κ3) is 3.20. The maximum atomic E-state index is 13.0. The van der Waals surface area contributed by atoms with Crippen LogP contribution in [0, 0.1) is 5.82 Å². The Kier molecular flexibility index (Phi) is 5.10. The Morgan fingerprint density at radius 1 is 1.33 bits per heavy atom. The van der Waals surface area contributed by atoms with Crippen LogP contribution in [0.2, 0.25) is 0 Å². The maximum Gasteiger partial charge on any atom is 0.243 e. The predicted molar refractivity (Wildman–Crippen MR) is 70.2 cm³/mol. The Morgan fingerprint density at radius 3 is 2.50 bits per heavy atom. The number of unbranched alkanes of at least 4 members (excludes halogenated alkanes) is 1. The van der Waals surface area contributed by atoms with E-state index in [0.29, 0.717) is 13.1 Å². The third-order valence-electron chi connectivity index (χ3n) is 2.72. The van der Waals surface area contributed by atoms with Gasteiger partial charge >= 0.3 is 0 Å². The van der Waals surface area contributed by atoms with E-state index in [1.165, 1.54) is 16.4 Å². The Balaban J connectivity index is 3.06. The van der Waals surface area contributed by atoms with Gasteiger partial charge in [-0.1, -0.05) is 20.3 Å². The number of rotatable bonds is 6. The van der Waals surface area contributed by atoms with E-state index in [-0.39, 0.29) is 10.6 Å². The van der Waals surface area contributed by atoms with Crippen molar-refractivity contribution in [1.29, 1.82) is 0 Å². The molecule has 0 bridgehead atoms. The Bertz CT molecular complexity index is 503. The van der Waals surface area contributed by atoms with E-state index >= 15 is 0 Å². The zero-order valence-electron chi connectivity index (χ0n) is 10.7. The minimum Gasteiger partial charge on any atom is -0.396 e. The second-order valence-electron chi connectivity index (χ2n) is 4.03. The molecule has 0 spiro atoms. The van der Waals surface area contributed by atoms with Gasteiger partial charge in [-0.25, -0.2) is 12.8 Å². The van der Waals surface area contributed by atoms with Crippen LogP contribution in [0.15, 0.2) is 23.1 Å². The van der Waals surface area contributed by atoms with Gasteiger partial charge in [0.15, 0.2) is 0 Å². The lowest BCUT2D eigenvalue weighted by atomic mass is 10.3. The van der Waals surface area contributed by atoms with Crippen LogP contribution in [-0.2, 0) is 10.0 Å². The van der Waals surface area contributed by atoms with E-state index in [2.05, 4.69) is 0 Å². The van der Waals surface area contributed by atoms with Crippen molar-refractivity contribution in [3.05, 3.63) is 24.0 Å². The summed E-state index contributed by atoms with van der Waals surface area (Å²) in [4.78, 5) is 0.0411. The number of halogens is 1. The minimum atomic E-state index is -3.58. The molecule has 0 atom stereocenters. The lowest BCUT2D eigenvalue weighted by Crippen LogP contribution is -2.31. The van der Waals surface area contributed by atoms with Gasteiger partial charge < -0.3 is 5.73 Å². The molecule has 0 fully saturated rings. The minimum absolute atomic E-state index is 0.0411. The molecule has 0 saturated carbocycles. The Hall–Kier alpha value is -1.14. The van der Waals surface area contributed by atoms with Crippen LogP contribution in [0.4, 0.5) is 10.1 Å². The molecule has 0 unspecified atom stereocenters. The molecule has 1 aromatic carbocycles. The van der Waals surface area contributed by atoms with E-state index in [4.69, 9.17) is 5.73 Å². The maximum absolute atomic E-state index is 13.0. The molecular formula is C12H19FN2O2S. The lowest BCUT2D eigenvalue weighted by Gasteiger charge is -2.20. The van der Waals surface area contributed by atoms with E-state index in [9.17, 15) is 12.8 Å². The molecule has 6 heteroatoms. The van der Waals surface area contributed by atoms with Gasteiger partial charge in [0.2, 0.25) is 10.0 Å². The number of benzene rings is 1. The number of anilines is 1. The zero-order chi connectivity index (χ0) is 13.8. The molecule has 0 aliphatic rings. The van der Waals surface area contributed by atoms with Crippen molar-refractivity contribution in [1.82, 2.24) is 4.31 Å². The average Bonchev–Trinajstić information content (AvgIpc) is 2.33. The molecule has 0 saturated heterocycles. The first-order chi connectivity index (χ1) is 8.43. The Morgan fingerprint density at radius 2 is 2.00 bits per heavy atom. The second-order valence-corrected chi connectivity index (χ2v) is 5.97. The highest BCUT2D eigenvalue weighted by Gasteiger charge is 2.23. The number of hydrogen-bond acceptors (Lipinski definition) is 3. The van der Waals surface area contributed by atoms with E-state index < -0.39 is 15.8 Å². The highest BCUT2D eigenvalue weighted by Crippen LogP contribution is 2.20. The fraction of sp³-hybridized carbons (Fsp3) is 0.500. The molecule has 0 radical (unpaired) electrons. The monoisotopic (exact) mass is 274 g/mol. The Labute approximate surface area is 108 Å². The first-order valence-corrected chi connectivity index (χ1v) is 7.42. The van der Waals surface area contributed by atoms with Gasteiger partial charge in [-0.05, 0) is 24.6 Å². The summed E-state index contributed by atoms with van der Waals surface area (Å²) in [5, 5.41) is 0. The topological polar surface area (TPSA) is 63.4 Å². The van der Waals surface area contributed by atoms with Crippen LogP contribution in [0.1, 0.15) is 26.7 Å². The van der Waals surface area contributed by atoms with Gasteiger partial charge in [0, 0.05) is 13.1 Å². The fourth-order valence-electron chi connectivity index (χ4n) is 1.61. The van der Waals surface area contributed by atoms with Gasteiger partial charge in [0.1, 0.15) is 5.82 Å². The van der Waals surface area contributed by atoms with Gasteiger partial charge in [-0.2, -0.15) is 4.31 Å². The van der Waals surface area contributed by atoms with Crippen LogP contribution in [0.25, 0.3) is 0 Å². The summed E-state index contributed by atoms with van der Waals surface area (Å²) in [5.74, 6) is -0.606. The SMILES string of the molecule is CCCCN(CC)S(=O)(=O)c1ccc(F)c(N)c1. The molecule has 0 aliphatic heterocycles. The predicted octanol–water partition coefficient (Wildman–Crippen LogP) is 2.22. The standard InChI is InChI=1S/C12H19FN2O2S/c1-3-5-8-15(4-2)18(16,17)10-6-7-11(13)12(14)9-10/h6-7,9H,3-5,8,14H2,1-2H3. The van der Waals surface area contributed by atoms with Crippen molar-refractivity contribution in [2.45, 2.75) is 31.6 Å². The summed E-state index contributed by atoms with van der Waals surface area (Å²) < 4.78 is 39.0. The normalized spacial score (nSPS) is 12.0. The number of nitrogens with two attached hydrogens (primary N) is 1. The summed E-state index contributed by atoms with van der Waals surface area (Å²) in [7, 11) is -3.58. The van der Waals surface area contributed by atoms with E-state index in [1.807, 2.05) is 6.92 Å². The van der Waals surface area contributed by atoms with Crippen molar-refractivity contribution in [2.75, 3.05) is 18.8 Å². The van der Waals surface area contributed by atoms with Crippen molar-refractivity contribution in [3.8, 4) is 0 Å². The van der Waals surface area contributed by atoms with Gasteiger partial charge in [0.25, 0.3) is 0 Å². The molecule has 1 rings (SSSR count). The molecule has 0 aromatic heterocycles. The summed E-state index contributed by atoms with van der Waals surface area (Å²) in [6.45, 7) is 4.63. The van der Waals surface area contributed by atoms with Crippen LogP contribution in [0.5, 0.6) is 0 Å². The van der Waals surface area contributed by atoms with Crippen LogP contribution in [-0.4, -0.2) is 25.8 Å². The van der Waals surface area contributed by atoms with Gasteiger partial charge in [0.05, 0.1) is 10.6 Å². The van der Waals surface area contributed by atoms with Crippen molar-refractivity contribution in [3.63, 3.8) is 0 Å². The summed E-state index contributed by atoms with van der Waals surface area (Å²) in [5.41, 5.74) is 5.25. The van der Waals surface area contributed by atoms with Gasteiger partial charge in [-0.15, -0.1) is 0 Å². The molecule has 0 aliphatic carbocycles. The first-order valence-electron chi connectivity index (χ1n) is 5.98. The largest absolute Gasteiger partial charge is 0.396 e. The quantitative estimate of drug-likeness (QED) is 0.809. The van der Waals surface area contributed by atoms with Crippen molar-refractivity contribution in [2.24, 2.45) is 0 Å². The fourth-order valence-corrected chi connectivity index (χ4v) is 3.14. The number of nitrogens with zero attached hydrogens (tertiary/aromatic N) is 1. The highest BCUT2D eigenvalue weighted by atomic mass is 32.2. The summed E-state index contributed by atoms with van der Waals surface area (Å²) in [6.07, 6.45) is 1.71. The second kappa shape index (κ2) is 6.15. The van der Waals surface area contributed by atoms with E-state index in [0.717, 1.165) is 18.9 Å². The highest BCUT2D eigenvalue weighted by molar-refractivity contribution is 7.89.